The number of ether oxygens (including phenoxy) is 2. The van der Waals surface area contributed by atoms with E-state index in [0.717, 1.165) is 10.9 Å². The first kappa shape index (κ1) is 40.6. The molecule has 6 heterocycles. The van der Waals surface area contributed by atoms with E-state index in [2.05, 4.69) is 43.0 Å². The van der Waals surface area contributed by atoms with E-state index in [1.54, 1.807) is 0 Å². The zero-order valence-electron chi connectivity index (χ0n) is 25.8. The van der Waals surface area contributed by atoms with Crippen LogP contribution < -0.4 is 22.6 Å². The molecule has 30 nitrogen and oxygen atoms in total. The molecule has 0 spiro atoms. The van der Waals surface area contributed by atoms with Crippen LogP contribution in [0.3, 0.4) is 0 Å². The van der Waals surface area contributed by atoms with Gasteiger partial charge in [-0.05, 0) is 0 Å². The Morgan fingerprint density at radius 1 is 0.774 bits per heavy atom. The molecule has 4 aromatic heterocycles. The number of aliphatic hydroxyl groups excluding tert-OH is 6. The van der Waals surface area contributed by atoms with Gasteiger partial charge in [0.25, 0.3) is 11.1 Å². The van der Waals surface area contributed by atoms with E-state index >= 15 is 0 Å². The van der Waals surface area contributed by atoms with Crippen molar-refractivity contribution in [2.75, 3.05) is 18.1 Å². The summed E-state index contributed by atoms with van der Waals surface area (Å²) in [7, 11) is -17.3. The maximum atomic E-state index is 11.9. The molecular weight excluding hydrogens is 793 g/mol. The summed E-state index contributed by atoms with van der Waals surface area (Å²) in [4.78, 5) is 79.0. The summed E-state index contributed by atoms with van der Waals surface area (Å²) in [6.07, 6.45) is -12.3. The van der Waals surface area contributed by atoms with Gasteiger partial charge in [0.15, 0.2) is 41.1 Å². The molecule has 294 valence electrons. The van der Waals surface area contributed by atoms with Crippen molar-refractivity contribution in [3.05, 3.63) is 33.4 Å². The number of fused-ring (bicyclic) bond motifs is 2. The van der Waals surface area contributed by atoms with Crippen molar-refractivity contribution in [1.29, 1.82) is 0 Å². The SMILES string of the molecule is Nc1nc2c(ncn2[C@@H]2O[C@H](C(O)OP(=O)(O)OP(=O)(O)OP(=O)(O)O)[C@@H](O)[C@H]2O)c(=O)[nH]1.Nc1nc2c(ncn2[C@@H]2O[C@H](CO)[C@@H](O)[C@H]2O)c(=O)[nH]1. The molecule has 0 radical (unpaired) electrons. The predicted molar refractivity (Wildman–Crippen MR) is 165 cm³/mol. The third kappa shape index (κ3) is 8.70. The first-order valence-corrected chi connectivity index (χ1v) is 18.6. The van der Waals surface area contributed by atoms with Gasteiger partial charge in [-0.1, -0.05) is 0 Å². The maximum Gasteiger partial charge on any atom is 0.490 e. The fourth-order valence-corrected chi connectivity index (χ4v) is 8.07. The standard InChI is InChI=1S/C10H16N5O15P3.C10H13N5O5/c11-10-13-6-2(7(18)14-10)12-1-15(6)8-4(17)3(16)5(27-8)9(19)28-32(23,24)30-33(25,26)29-31(20,21)22;11-10-13-7-4(8(19)14-10)12-2-15(7)9-6(18)5(17)3(1-16)20-9/h1,3-5,8-9,16-17,19H,(H,23,24)(H,25,26)(H2,20,21,22)(H3,11,13,14,18);2-3,5-6,9,16-18H,1H2,(H3,11,13,14,19)/t3-,4+,5-,8+,9?;3-,5-,6-,9-/m01/s1. The van der Waals surface area contributed by atoms with Crippen LogP contribution in [0.4, 0.5) is 11.9 Å². The molecule has 11 atom stereocenters. The summed E-state index contributed by atoms with van der Waals surface area (Å²) >= 11 is 0. The molecule has 2 aliphatic rings. The number of nitrogen functional groups attached to an aromatic ring is 2. The lowest BCUT2D eigenvalue weighted by atomic mass is 10.1. The zero-order chi connectivity index (χ0) is 39.4. The highest BCUT2D eigenvalue weighted by Crippen LogP contribution is 2.66. The first-order chi connectivity index (χ1) is 24.5. The van der Waals surface area contributed by atoms with Crippen molar-refractivity contribution in [2.24, 2.45) is 0 Å². The number of anilines is 2. The molecule has 0 amide bonds. The van der Waals surface area contributed by atoms with Gasteiger partial charge < -0.3 is 71.2 Å². The number of nitrogens with one attached hydrogen (secondary N) is 2. The molecule has 16 N–H and O–H groups in total. The number of hydrogen-bond acceptors (Lipinski definition) is 22. The van der Waals surface area contributed by atoms with E-state index < -0.39 is 96.6 Å². The van der Waals surface area contributed by atoms with E-state index in [1.165, 1.54) is 10.9 Å². The Kier molecular flexibility index (Phi) is 11.4. The molecule has 53 heavy (non-hydrogen) atoms. The van der Waals surface area contributed by atoms with Crippen LogP contribution in [0.25, 0.3) is 22.3 Å². The normalized spacial score (nSPS) is 29.1. The number of phosphoric ester groups is 1. The number of hydrogen-bond donors (Lipinski definition) is 14. The van der Waals surface area contributed by atoms with E-state index in [4.69, 9.17) is 40.7 Å². The fourth-order valence-electron chi connectivity index (χ4n) is 5.01. The third-order valence-electron chi connectivity index (χ3n) is 7.18. The monoisotopic (exact) mass is 822 g/mol. The lowest BCUT2D eigenvalue weighted by Crippen LogP contribution is -2.39. The molecule has 0 saturated carbocycles. The lowest BCUT2D eigenvalue weighted by molar-refractivity contribution is -0.160. The molecule has 2 saturated heterocycles. The van der Waals surface area contributed by atoms with Crippen LogP contribution in [-0.4, -0.2) is 139 Å². The van der Waals surface area contributed by atoms with Crippen molar-refractivity contribution in [1.82, 2.24) is 39.0 Å². The molecule has 0 aromatic carbocycles. The summed E-state index contributed by atoms with van der Waals surface area (Å²) in [5.74, 6) is -0.428. The minimum absolute atomic E-state index is 0.0388. The van der Waals surface area contributed by atoms with Crippen molar-refractivity contribution >= 4 is 57.7 Å². The topological polar surface area (TPSA) is 479 Å². The highest BCUT2D eigenvalue weighted by Gasteiger charge is 2.51. The minimum Gasteiger partial charge on any atom is -0.394 e. The van der Waals surface area contributed by atoms with Crippen molar-refractivity contribution < 1.29 is 86.5 Å². The van der Waals surface area contributed by atoms with Gasteiger partial charge in [-0.15, -0.1) is 0 Å². The second kappa shape index (κ2) is 14.9. The van der Waals surface area contributed by atoms with Gasteiger partial charge in [-0.25, -0.2) is 23.7 Å². The van der Waals surface area contributed by atoms with Crippen LogP contribution in [0.2, 0.25) is 0 Å². The van der Waals surface area contributed by atoms with Gasteiger partial charge in [0.2, 0.25) is 11.9 Å². The summed E-state index contributed by atoms with van der Waals surface area (Å²) in [5.41, 5.74) is 9.40. The summed E-state index contributed by atoms with van der Waals surface area (Å²) in [6.45, 7) is -0.447. The smallest absolute Gasteiger partial charge is 0.394 e. The molecule has 0 aliphatic carbocycles. The number of rotatable bonds is 10. The summed E-state index contributed by atoms with van der Waals surface area (Å²) in [6, 6.07) is 0. The van der Waals surface area contributed by atoms with Crippen molar-refractivity contribution in [2.45, 2.75) is 55.4 Å². The Hall–Kier alpha value is -3.61. The third-order valence-corrected chi connectivity index (χ3v) is 11.0. The Morgan fingerprint density at radius 3 is 1.70 bits per heavy atom. The van der Waals surface area contributed by atoms with Gasteiger partial charge in [0.1, 0.15) is 36.6 Å². The van der Waals surface area contributed by atoms with Crippen molar-refractivity contribution in [3.63, 3.8) is 0 Å². The quantitative estimate of drug-likeness (QED) is 0.0523. The highest BCUT2D eigenvalue weighted by molar-refractivity contribution is 7.66. The second-order valence-corrected chi connectivity index (χ2v) is 15.2. The number of aromatic amines is 2. The molecule has 0 bridgehead atoms. The van der Waals surface area contributed by atoms with Gasteiger partial charge in [0.05, 0.1) is 19.3 Å². The van der Waals surface area contributed by atoms with Gasteiger partial charge >= 0.3 is 23.5 Å². The number of phosphoric acid groups is 3. The van der Waals surface area contributed by atoms with E-state index in [0.29, 0.717) is 0 Å². The molecule has 4 aromatic rings. The molecular formula is C20H29N10O20P3. The largest absolute Gasteiger partial charge is 0.490 e. The number of aliphatic hydroxyl groups is 6. The van der Waals surface area contributed by atoms with E-state index in [-0.39, 0.29) is 34.2 Å². The Bertz CT molecular complexity index is 2240. The number of aromatic nitrogens is 8. The van der Waals surface area contributed by atoms with Crippen LogP contribution in [0.1, 0.15) is 12.5 Å². The maximum absolute atomic E-state index is 11.9. The average Bonchev–Trinajstić information content (AvgIpc) is 3.76. The van der Waals surface area contributed by atoms with E-state index in [1.807, 2.05) is 0 Å². The Morgan fingerprint density at radius 2 is 1.25 bits per heavy atom. The number of imidazole rings is 2. The molecule has 33 heteroatoms. The Balaban J connectivity index is 0.000000230. The second-order valence-electron chi connectivity index (χ2n) is 10.8. The van der Waals surface area contributed by atoms with Crippen LogP contribution in [0.5, 0.6) is 0 Å². The number of H-pyrrole nitrogens is 2. The predicted octanol–water partition coefficient (Wildman–Crippen LogP) is -5.70. The van der Waals surface area contributed by atoms with E-state index in [9.17, 15) is 53.7 Å². The first-order valence-electron chi connectivity index (χ1n) is 14.1. The molecule has 2 aliphatic heterocycles. The molecule has 2 fully saturated rings. The Labute approximate surface area is 290 Å². The van der Waals surface area contributed by atoms with Gasteiger partial charge in [-0.3, -0.25) is 33.2 Å². The van der Waals surface area contributed by atoms with Gasteiger partial charge in [-0.2, -0.15) is 18.6 Å². The highest BCUT2D eigenvalue weighted by atomic mass is 31.3. The van der Waals surface area contributed by atoms with Crippen molar-refractivity contribution in [3.8, 4) is 0 Å². The van der Waals surface area contributed by atoms with Crippen LogP contribution in [0, 0.1) is 0 Å². The van der Waals surface area contributed by atoms with Crippen LogP contribution in [0.15, 0.2) is 22.2 Å². The fraction of sp³-hybridized carbons (Fsp3) is 0.500. The number of nitrogens with zero attached hydrogens (tertiary/aromatic N) is 6. The summed E-state index contributed by atoms with van der Waals surface area (Å²) in [5, 5.41) is 59.2. The zero-order valence-corrected chi connectivity index (χ0v) is 28.5. The summed E-state index contributed by atoms with van der Waals surface area (Å²) < 4.78 is 57.7. The molecule has 3 unspecified atom stereocenters. The van der Waals surface area contributed by atoms with Crippen LogP contribution >= 0.6 is 23.5 Å². The average molecular weight is 822 g/mol. The lowest BCUT2D eigenvalue weighted by Gasteiger charge is -2.23. The minimum atomic E-state index is -5.87. The molecule has 6 rings (SSSR count). The number of nitrogens with two attached hydrogens (primary N) is 2. The van der Waals surface area contributed by atoms with Crippen LogP contribution in [-0.2, 0) is 36.3 Å². The van der Waals surface area contributed by atoms with Gasteiger partial charge in [0, 0.05) is 0 Å².